The molecule has 3 rings (SSSR count). The SMILES string of the molecule is Nc1ccc2nc(NC3CCCCC3)[nH]c(=O)c2c1. The van der Waals surface area contributed by atoms with Gasteiger partial charge in [-0.05, 0) is 31.0 Å². The largest absolute Gasteiger partial charge is 0.399 e. The lowest BCUT2D eigenvalue weighted by Crippen LogP contribution is -2.25. The maximum Gasteiger partial charge on any atom is 0.260 e. The van der Waals surface area contributed by atoms with Crippen LogP contribution in [0.1, 0.15) is 32.1 Å². The fourth-order valence-electron chi connectivity index (χ4n) is 2.66. The molecule has 1 aliphatic carbocycles. The van der Waals surface area contributed by atoms with E-state index in [0.29, 0.717) is 28.6 Å². The number of rotatable bonds is 2. The molecular formula is C14H18N4O. The Morgan fingerprint density at radius 1 is 1.26 bits per heavy atom. The number of nitrogens with two attached hydrogens (primary N) is 1. The summed E-state index contributed by atoms with van der Waals surface area (Å²) in [6, 6.07) is 5.62. The first kappa shape index (κ1) is 12.0. The van der Waals surface area contributed by atoms with Crippen LogP contribution in [0.4, 0.5) is 11.6 Å². The van der Waals surface area contributed by atoms with E-state index in [1.54, 1.807) is 18.2 Å². The van der Waals surface area contributed by atoms with E-state index >= 15 is 0 Å². The van der Waals surface area contributed by atoms with Crippen LogP contribution >= 0.6 is 0 Å². The monoisotopic (exact) mass is 258 g/mol. The second-order valence-corrected chi connectivity index (χ2v) is 5.17. The van der Waals surface area contributed by atoms with Crippen molar-refractivity contribution in [1.29, 1.82) is 0 Å². The molecule has 1 saturated carbocycles. The predicted octanol–water partition coefficient (Wildman–Crippen LogP) is 2.25. The van der Waals surface area contributed by atoms with Crippen molar-refractivity contribution in [1.82, 2.24) is 9.97 Å². The molecule has 0 atom stereocenters. The van der Waals surface area contributed by atoms with E-state index in [1.807, 2.05) is 0 Å². The van der Waals surface area contributed by atoms with Crippen molar-refractivity contribution < 1.29 is 0 Å². The third kappa shape index (κ3) is 2.54. The zero-order chi connectivity index (χ0) is 13.2. The Bertz CT molecular complexity index is 643. The van der Waals surface area contributed by atoms with Gasteiger partial charge in [-0.2, -0.15) is 0 Å². The number of aromatic nitrogens is 2. The molecule has 100 valence electrons. The lowest BCUT2D eigenvalue weighted by molar-refractivity contribution is 0.461. The molecule has 2 aromatic rings. The molecule has 0 spiro atoms. The van der Waals surface area contributed by atoms with Crippen LogP contribution in [0.3, 0.4) is 0 Å². The number of fused-ring (bicyclic) bond motifs is 1. The van der Waals surface area contributed by atoms with Crippen LogP contribution < -0.4 is 16.6 Å². The minimum atomic E-state index is -0.143. The van der Waals surface area contributed by atoms with Crippen molar-refractivity contribution in [3.8, 4) is 0 Å². The number of aromatic amines is 1. The molecule has 0 unspecified atom stereocenters. The van der Waals surface area contributed by atoms with Gasteiger partial charge in [0.1, 0.15) is 0 Å². The van der Waals surface area contributed by atoms with Gasteiger partial charge in [0.2, 0.25) is 5.95 Å². The van der Waals surface area contributed by atoms with Crippen molar-refractivity contribution in [2.75, 3.05) is 11.1 Å². The van der Waals surface area contributed by atoms with Crippen molar-refractivity contribution >= 4 is 22.5 Å². The Morgan fingerprint density at radius 3 is 2.84 bits per heavy atom. The molecular weight excluding hydrogens is 240 g/mol. The lowest BCUT2D eigenvalue weighted by Gasteiger charge is -2.22. The van der Waals surface area contributed by atoms with E-state index < -0.39 is 0 Å². The highest BCUT2D eigenvalue weighted by molar-refractivity contribution is 5.81. The third-order valence-electron chi connectivity index (χ3n) is 3.68. The Morgan fingerprint density at radius 2 is 2.05 bits per heavy atom. The van der Waals surface area contributed by atoms with Crippen LogP contribution in [0.15, 0.2) is 23.0 Å². The molecule has 1 aromatic carbocycles. The van der Waals surface area contributed by atoms with Crippen LogP contribution in [0.5, 0.6) is 0 Å². The number of nitrogens with zero attached hydrogens (tertiary/aromatic N) is 1. The lowest BCUT2D eigenvalue weighted by atomic mass is 9.96. The number of H-pyrrole nitrogens is 1. The van der Waals surface area contributed by atoms with Gasteiger partial charge < -0.3 is 11.1 Å². The normalized spacial score (nSPS) is 16.6. The van der Waals surface area contributed by atoms with Gasteiger partial charge in [-0.3, -0.25) is 9.78 Å². The van der Waals surface area contributed by atoms with Crippen molar-refractivity contribution in [2.45, 2.75) is 38.1 Å². The van der Waals surface area contributed by atoms with Gasteiger partial charge in [0.05, 0.1) is 10.9 Å². The Hall–Kier alpha value is -2.04. The average Bonchev–Trinajstić information content (AvgIpc) is 2.41. The minimum absolute atomic E-state index is 0.143. The van der Waals surface area contributed by atoms with E-state index in [1.165, 1.54) is 19.3 Å². The summed E-state index contributed by atoms with van der Waals surface area (Å²) in [7, 11) is 0. The van der Waals surface area contributed by atoms with Gasteiger partial charge in [-0.15, -0.1) is 0 Å². The summed E-state index contributed by atoms with van der Waals surface area (Å²) in [5.74, 6) is 0.564. The highest BCUT2D eigenvalue weighted by atomic mass is 16.1. The molecule has 0 amide bonds. The summed E-state index contributed by atoms with van der Waals surface area (Å²) in [6.45, 7) is 0. The summed E-state index contributed by atoms with van der Waals surface area (Å²) in [5.41, 5.74) is 6.79. The van der Waals surface area contributed by atoms with Crippen molar-refractivity contribution in [3.63, 3.8) is 0 Å². The third-order valence-corrected chi connectivity index (χ3v) is 3.68. The second-order valence-electron chi connectivity index (χ2n) is 5.17. The highest BCUT2D eigenvalue weighted by Crippen LogP contribution is 2.20. The van der Waals surface area contributed by atoms with E-state index in [9.17, 15) is 4.79 Å². The van der Waals surface area contributed by atoms with Gasteiger partial charge in [-0.25, -0.2) is 4.98 Å². The standard InChI is InChI=1S/C14H18N4O/c15-9-6-7-12-11(8-9)13(19)18-14(17-12)16-10-4-2-1-3-5-10/h6-8,10H,1-5,15H2,(H2,16,17,18,19). The fourth-order valence-corrected chi connectivity index (χ4v) is 2.66. The smallest absolute Gasteiger partial charge is 0.260 e. The molecule has 19 heavy (non-hydrogen) atoms. The molecule has 1 heterocycles. The molecule has 1 fully saturated rings. The van der Waals surface area contributed by atoms with Gasteiger partial charge in [0, 0.05) is 11.7 Å². The van der Waals surface area contributed by atoms with Crippen molar-refractivity contribution in [3.05, 3.63) is 28.6 Å². The maximum atomic E-state index is 12.0. The van der Waals surface area contributed by atoms with Crippen LogP contribution in [0.2, 0.25) is 0 Å². The maximum absolute atomic E-state index is 12.0. The number of hydrogen-bond acceptors (Lipinski definition) is 4. The van der Waals surface area contributed by atoms with Crippen LogP contribution in [0, 0.1) is 0 Å². The topological polar surface area (TPSA) is 83.8 Å². The molecule has 0 bridgehead atoms. The Labute approximate surface area is 111 Å². The molecule has 4 N–H and O–H groups in total. The number of hydrogen-bond donors (Lipinski definition) is 3. The second kappa shape index (κ2) is 4.91. The first-order valence-corrected chi connectivity index (χ1v) is 6.78. The van der Waals surface area contributed by atoms with Crippen LogP contribution in [-0.4, -0.2) is 16.0 Å². The quantitative estimate of drug-likeness (QED) is 0.721. The molecule has 0 radical (unpaired) electrons. The molecule has 1 aromatic heterocycles. The Kier molecular flexibility index (Phi) is 3.11. The molecule has 5 heteroatoms. The van der Waals surface area contributed by atoms with Crippen LogP contribution in [0.25, 0.3) is 10.9 Å². The number of benzene rings is 1. The molecule has 0 aliphatic heterocycles. The first-order valence-electron chi connectivity index (χ1n) is 6.78. The summed E-state index contributed by atoms with van der Waals surface area (Å²) < 4.78 is 0. The summed E-state index contributed by atoms with van der Waals surface area (Å²) in [4.78, 5) is 19.2. The summed E-state index contributed by atoms with van der Waals surface area (Å²) >= 11 is 0. The van der Waals surface area contributed by atoms with Gasteiger partial charge >= 0.3 is 0 Å². The number of nitrogens with one attached hydrogen (secondary N) is 2. The average molecular weight is 258 g/mol. The van der Waals surface area contributed by atoms with Crippen molar-refractivity contribution in [2.24, 2.45) is 0 Å². The molecule has 0 saturated heterocycles. The van der Waals surface area contributed by atoms with E-state index in [4.69, 9.17) is 5.73 Å². The fraction of sp³-hybridized carbons (Fsp3) is 0.429. The highest BCUT2D eigenvalue weighted by Gasteiger charge is 2.14. The zero-order valence-corrected chi connectivity index (χ0v) is 10.8. The zero-order valence-electron chi connectivity index (χ0n) is 10.8. The molecule has 1 aliphatic rings. The van der Waals surface area contributed by atoms with Gasteiger partial charge in [0.25, 0.3) is 5.56 Å². The minimum Gasteiger partial charge on any atom is -0.399 e. The summed E-state index contributed by atoms with van der Waals surface area (Å²) in [5, 5.41) is 3.87. The Balaban J connectivity index is 1.92. The molecule has 5 nitrogen and oxygen atoms in total. The summed E-state index contributed by atoms with van der Waals surface area (Å²) in [6.07, 6.45) is 6.07. The predicted molar refractivity (Wildman–Crippen MR) is 77.3 cm³/mol. The first-order chi connectivity index (χ1) is 9.22. The van der Waals surface area contributed by atoms with Gasteiger partial charge in [-0.1, -0.05) is 19.3 Å². The number of nitrogen functional groups attached to an aromatic ring is 1. The van der Waals surface area contributed by atoms with Gasteiger partial charge in [0.15, 0.2) is 0 Å². The van der Waals surface area contributed by atoms with Crippen LogP contribution in [-0.2, 0) is 0 Å². The van der Waals surface area contributed by atoms with E-state index in [0.717, 1.165) is 12.8 Å². The number of anilines is 2. The van der Waals surface area contributed by atoms with E-state index in [2.05, 4.69) is 15.3 Å². The van der Waals surface area contributed by atoms with E-state index in [-0.39, 0.29) is 5.56 Å².